The van der Waals surface area contributed by atoms with Crippen molar-refractivity contribution in [3.05, 3.63) is 0 Å². The molecule has 3 atom stereocenters. The van der Waals surface area contributed by atoms with Crippen molar-refractivity contribution in [2.45, 2.75) is 206 Å². The van der Waals surface area contributed by atoms with E-state index in [2.05, 4.69) is 13.8 Å². The second kappa shape index (κ2) is 36.3. The fourth-order valence-corrected chi connectivity index (χ4v) is 6.73. The van der Waals surface area contributed by atoms with Crippen molar-refractivity contribution in [1.82, 2.24) is 0 Å². The summed E-state index contributed by atoms with van der Waals surface area (Å²) in [4.78, 5) is 25.1. The SMILES string of the molecule is CCCCCCCCCCCCCCCC(=O)OCC(COP(=O)(OC)OCC(O)CO)OC(=O)CCCCCCCCCCCCCCC. The van der Waals surface area contributed by atoms with Gasteiger partial charge in [-0.15, -0.1) is 0 Å². The summed E-state index contributed by atoms with van der Waals surface area (Å²) >= 11 is 0. The maximum Gasteiger partial charge on any atom is 0.474 e. The van der Waals surface area contributed by atoms with Gasteiger partial charge in [0.1, 0.15) is 12.7 Å². The van der Waals surface area contributed by atoms with Crippen molar-refractivity contribution in [3.8, 4) is 0 Å². The summed E-state index contributed by atoms with van der Waals surface area (Å²) in [5.41, 5.74) is 0. The van der Waals surface area contributed by atoms with Gasteiger partial charge in [0.15, 0.2) is 6.10 Å². The van der Waals surface area contributed by atoms with Crippen LogP contribution in [0, 0.1) is 0 Å². The minimum atomic E-state index is -4.11. The van der Waals surface area contributed by atoms with Crippen LogP contribution in [0.3, 0.4) is 0 Å². The van der Waals surface area contributed by atoms with Gasteiger partial charge in [0.2, 0.25) is 0 Å². The highest BCUT2D eigenvalue weighted by Gasteiger charge is 2.29. The molecule has 0 heterocycles. The number of carbonyl (C=O) groups is 2. The Kier molecular flexibility index (Phi) is 35.6. The van der Waals surface area contributed by atoms with Crippen LogP contribution >= 0.6 is 7.82 Å². The minimum absolute atomic E-state index is 0.224. The lowest BCUT2D eigenvalue weighted by atomic mass is 10.0. The van der Waals surface area contributed by atoms with Gasteiger partial charge in [0.25, 0.3) is 0 Å². The first-order valence-corrected chi connectivity index (χ1v) is 21.8. The Hall–Kier alpha value is -1.03. The van der Waals surface area contributed by atoms with E-state index in [9.17, 15) is 19.3 Å². The van der Waals surface area contributed by atoms with Gasteiger partial charge in [0, 0.05) is 20.0 Å². The number of ether oxygens (including phenoxy) is 2. The number of esters is 2. The number of aliphatic hydroxyl groups is 2. The maximum absolute atomic E-state index is 12.8. The van der Waals surface area contributed by atoms with Crippen molar-refractivity contribution in [2.75, 3.05) is 33.5 Å². The molecule has 0 rings (SSSR count). The number of carbonyl (C=O) groups excluding carboxylic acids is 2. The fraction of sp³-hybridized carbons (Fsp3) is 0.949. The summed E-state index contributed by atoms with van der Waals surface area (Å²) in [5, 5.41) is 18.5. The standard InChI is InChI=1S/C39H77O10P/c1-4-6-8-10-12-14-16-18-20-22-24-26-28-30-38(42)46-34-37(35-48-50(44,45-3)47-33-36(41)32-40)49-39(43)31-29-27-25-23-21-19-17-15-13-11-9-7-5-2/h36-37,40-41H,4-35H2,1-3H3. The van der Waals surface area contributed by atoms with Crippen LogP contribution in [0.25, 0.3) is 0 Å². The molecule has 0 aliphatic heterocycles. The molecule has 0 bridgehead atoms. The van der Waals surface area contributed by atoms with E-state index >= 15 is 0 Å². The van der Waals surface area contributed by atoms with Gasteiger partial charge in [-0.2, -0.15) is 0 Å². The highest BCUT2D eigenvalue weighted by Crippen LogP contribution is 2.48. The Morgan fingerprint density at radius 1 is 0.540 bits per heavy atom. The average molecular weight is 737 g/mol. The summed E-state index contributed by atoms with van der Waals surface area (Å²) < 4.78 is 39.0. The molecule has 3 unspecified atom stereocenters. The van der Waals surface area contributed by atoms with E-state index in [-0.39, 0.29) is 25.4 Å². The van der Waals surface area contributed by atoms with Crippen LogP contribution in [0.15, 0.2) is 0 Å². The highest BCUT2D eigenvalue weighted by atomic mass is 31.2. The van der Waals surface area contributed by atoms with Crippen molar-refractivity contribution >= 4 is 19.8 Å². The molecule has 0 aliphatic carbocycles. The van der Waals surface area contributed by atoms with Gasteiger partial charge in [-0.05, 0) is 12.8 Å². The lowest BCUT2D eigenvalue weighted by molar-refractivity contribution is -0.161. The number of aliphatic hydroxyl groups excluding tert-OH is 2. The van der Waals surface area contributed by atoms with E-state index < -0.39 is 45.8 Å². The van der Waals surface area contributed by atoms with Gasteiger partial charge in [-0.1, -0.05) is 168 Å². The molecule has 2 N–H and O–H groups in total. The van der Waals surface area contributed by atoms with Gasteiger partial charge in [-0.25, -0.2) is 4.57 Å². The summed E-state index contributed by atoms with van der Waals surface area (Å²) in [6.45, 7) is 2.79. The van der Waals surface area contributed by atoms with E-state index in [1.807, 2.05) is 0 Å². The Balaban J connectivity index is 4.41. The molecule has 50 heavy (non-hydrogen) atoms. The predicted octanol–water partition coefficient (Wildman–Crippen LogP) is 10.5. The van der Waals surface area contributed by atoms with Crippen LogP contribution in [-0.4, -0.2) is 67.9 Å². The molecular weight excluding hydrogens is 659 g/mol. The smallest absolute Gasteiger partial charge is 0.462 e. The van der Waals surface area contributed by atoms with Crippen molar-refractivity contribution in [1.29, 1.82) is 0 Å². The van der Waals surface area contributed by atoms with E-state index in [0.29, 0.717) is 6.42 Å². The van der Waals surface area contributed by atoms with E-state index in [4.69, 9.17) is 28.2 Å². The number of hydrogen-bond donors (Lipinski definition) is 2. The maximum atomic E-state index is 12.8. The van der Waals surface area contributed by atoms with Crippen LogP contribution in [0.1, 0.15) is 194 Å². The third kappa shape index (κ3) is 32.8. The molecule has 0 aliphatic rings. The molecule has 0 amide bonds. The number of phosphoric ester groups is 1. The normalized spacial score (nSPS) is 13.9. The fourth-order valence-electron chi connectivity index (χ4n) is 5.74. The third-order valence-electron chi connectivity index (χ3n) is 8.98. The molecule has 0 radical (unpaired) electrons. The van der Waals surface area contributed by atoms with Crippen LogP contribution in [0.2, 0.25) is 0 Å². The lowest BCUT2D eigenvalue weighted by Gasteiger charge is -2.22. The zero-order chi connectivity index (χ0) is 37.0. The molecule has 10 nitrogen and oxygen atoms in total. The summed E-state index contributed by atoms with van der Waals surface area (Å²) in [6, 6.07) is 0. The first-order chi connectivity index (χ1) is 24.3. The molecule has 298 valence electrons. The largest absolute Gasteiger partial charge is 0.474 e. The molecule has 0 aromatic carbocycles. The zero-order valence-electron chi connectivity index (χ0n) is 32.4. The van der Waals surface area contributed by atoms with Crippen LogP contribution in [-0.2, 0) is 37.2 Å². The van der Waals surface area contributed by atoms with E-state index in [0.717, 1.165) is 45.6 Å². The lowest BCUT2D eigenvalue weighted by Crippen LogP contribution is -2.30. The van der Waals surface area contributed by atoms with E-state index in [1.54, 1.807) is 0 Å². The number of rotatable bonds is 39. The Bertz CT molecular complexity index is 812. The summed E-state index contributed by atoms with van der Waals surface area (Å²) in [7, 11) is -2.99. The third-order valence-corrected chi connectivity index (χ3v) is 10.4. The van der Waals surface area contributed by atoms with Gasteiger partial charge in [0.05, 0.1) is 19.8 Å². The minimum Gasteiger partial charge on any atom is -0.462 e. The zero-order valence-corrected chi connectivity index (χ0v) is 33.3. The Morgan fingerprint density at radius 3 is 1.28 bits per heavy atom. The molecule has 0 fully saturated rings. The number of phosphoric acid groups is 1. The molecule has 0 aromatic rings. The first kappa shape index (κ1) is 49.0. The molecule has 0 spiro atoms. The van der Waals surface area contributed by atoms with Gasteiger partial charge >= 0.3 is 19.8 Å². The molecular formula is C39H77O10P. The van der Waals surface area contributed by atoms with Gasteiger partial charge in [-0.3, -0.25) is 23.2 Å². The quantitative estimate of drug-likeness (QED) is 0.0356. The Labute approximate surface area is 306 Å². The Morgan fingerprint density at radius 2 is 0.900 bits per heavy atom. The molecule has 0 aromatic heterocycles. The van der Waals surface area contributed by atoms with Crippen LogP contribution < -0.4 is 0 Å². The van der Waals surface area contributed by atoms with Crippen molar-refractivity contribution in [2.24, 2.45) is 0 Å². The van der Waals surface area contributed by atoms with Crippen molar-refractivity contribution in [3.63, 3.8) is 0 Å². The summed E-state index contributed by atoms with van der Waals surface area (Å²) in [5.74, 6) is -0.832. The molecule has 11 heteroatoms. The predicted molar refractivity (Wildman–Crippen MR) is 201 cm³/mol. The highest BCUT2D eigenvalue weighted by molar-refractivity contribution is 7.48. The topological polar surface area (TPSA) is 138 Å². The van der Waals surface area contributed by atoms with Crippen LogP contribution in [0.5, 0.6) is 0 Å². The first-order valence-electron chi connectivity index (χ1n) is 20.4. The second-order valence-corrected chi connectivity index (χ2v) is 15.6. The van der Waals surface area contributed by atoms with Crippen molar-refractivity contribution < 1.29 is 47.4 Å². The molecule has 0 saturated heterocycles. The van der Waals surface area contributed by atoms with Crippen LogP contribution in [0.4, 0.5) is 0 Å². The van der Waals surface area contributed by atoms with E-state index in [1.165, 1.54) is 122 Å². The van der Waals surface area contributed by atoms with Gasteiger partial charge < -0.3 is 19.7 Å². The number of unbranched alkanes of at least 4 members (excludes halogenated alkanes) is 24. The number of hydrogen-bond acceptors (Lipinski definition) is 10. The average Bonchev–Trinajstić information content (AvgIpc) is 3.12. The summed E-state index contributed by atoms with van der Waals surface area (Å²) in [6.07, 6.45) is 29.7. The second-order valence-electron chi connectivity index (χ2n) is 13.8. The monoisotopic (exact) mass is 737 g/mol. The molecule has 0 saturated carbocycles.